The summed E-state index contributed by atoms with van der Waals surface area (Å²) < 4.78 is 40.3. The van der Waals surface area contributed by atoms with E-state index in [4.69, 9.17) is 5.73 Å². The van der Waals surface area contributed by atoms with Crippen molar-refractivity contribution in [2.45, 2.75) is 26.6 Å². The molecule has 3 heterocycles. The molecule has 0 aliphatic rings. The van der Waals surface area contributed by atoms with Crippen molar-refractivity contribution in [1.82, 2.24) is 14.8 Å². The third kappa shape index (κ3) is 3.56. The predicted octanol–water partition coefficient (Wildman–Crippen LogP) is 3.10. The van der Waals surface area contributed by atoms with Crippen molar-refractivity contribution in [3.8, 4) is 0 Å². The number of nitro groups is 1. The number of primary amides is 1. The Labute approximate surface area is 169 Å². The monoisotopic (exact) mass is 442 g/mol. The summed E-state index contributed by atoms with van der Waals surface area (Å²) in [6.07, 6.45) is -3.81. The van der Waals surface area contributed by atoms with Crippen molar-refractivity contribution in [2.75, 3.05) is 5.32 Å². The van der Waals surface area contributed by atoms with Crippen LogP contribution in [-0.2, 0) is 12.7 Å². The molecule has 0 fully saturated rings. The molecule has 3 aromatic heterocycles. The highest BCUT2D eigenvalue weighted by Gasteiger charge is 2.35. The first kappa shape index (κ1) is 21.2. The minimum absolute atomic E-state index is 0.0837. The molecule has 0 radical (unpaired) electrons. The third-order valence-electron chi connectivity index (χ3n) is 4.14. The number of aromatic nitrogens is 3. The van der Waals surface area contributed by atoms with Crippen LogP contribution >= 0.6 is 11.3 Å². The Hall–Kier alpha value is -3.55. The molecular weight excluding hydrogens is 429 g/mol. The average molecular weight is 442 g/mol. The Balaban J connectivity index is 2.18. The Morgan fingerprint density at radius 3 is 2.60 bits per heavy atom. The molecule has 10 nitrogen and oxygen atoms in total. The van der Waals surface area contributed by atoms with Gasteiger partial charge in [-0.2, -0.15) is 18.3 Å². The smallest absolute Gasteiger partial charge is 0.365 e. The highest BCUT2D eigenvalue weighted by Crippen LogP contribution is 2.40. The first-order valence-corrected chi connectivity index (χ1v) is 9.10. The number of halogens is 3. The number of rotatable bonds is 5. The number of fused-ring (bicyclic) bond motifs is 1. The van der Waals surface area contributed by atoms with Crippen molar-refractivity contribution >= 4 is 44.7 Å². The van der Waals surface area contributed by atoms with Gasteiger partial charge in [-0.1, -0.05) is 0 Å². The highest BCUT2D eigenvalue weighted by molar-refractivity contribution is 7.21. The molecule has 0 unspecified atom stereocenters. The fraction of sp³-hybridized carbons (Fsp3) is 0.250. The number of hydrogen-bond acceptors (Lipinski definition) is 7. The van der Waals surface area contributed by atoms with Gasteiger partial charge in [0.05, 0.1) is 10.6 Å². The van der Waals surface area contributed by atoms with E-state index in [0.29, 0.717) is 11.3 Å². The van der Waals surface area contributed by atoms with Gasteiger partial charge in [-0.15, -0.1) is 11.3 Å². The molecule has 0 spiro atoms. The number of carbonyl (C=O) groups is 2. The maximum Gasteiger partial charge on any atom is 0.433 e. The normalized spacial score (nSPS) is 11.6. The highest BCUT2D eigenvalue weighted by atomic mass is 32.1. The van der Waals surface area contributed by atoms with Gasteiger partial charge < -0.3 is 11.1 Å². The average Bonchev–Trinajstić information content (AvgIpc) is 3.22. The zero-order valence-electron chi connectivity index (χ0n) is 15.4. The molecule has 3 aromatic rings. The summed E-state index contributed by atoms with van der Waals surface area (Å²) in [7, 11) is 0. The molecule has 0 aromatic carbocycles. The molecule has 0 aliphatic carbocycles. The van der Waals surface area contributed by atoms with Gasteiger partial charge in [0.1, 0.15) is 21.6 Å². The molecule has 0 bridgehead atoms. The van der Waals surface area contributed by atoms with E-state index in [1.54, 1.807) is 6.92 Å². The van der Waals surface area contributed by atoms with Crippen LogP contribution in [0.3, 0.4) is 0 Å². The molecule has 0 saturated carbocycles. The largest absolute Gasteiger partial charge is 0.433 e. The first-order valence-electron chi connectivity index (χ1n) is 8.28. The lowest BCUT2D eigenvalue weighted by Gasteiger charge is -2.10. The lowest BCUT2D eigenvalue weighted by Crippen LogP contribution is -2.21. The molecule has 3 rings (SSSR count). The van der Waals surface area contributed by atoms with Crippen molar-refractivity contribution in [3.63, 3.8) is 0 Å². The number of anilines is 1. The number of nitrogens with two attached hydrogens (primary N) is 1. The number of alkyl halides is 3. The number of thiophene rings is 1. The fourth-order valence-corrected chi connectivity index (χ4v) is 3.93. The molecule has 0 aliphatic heterocycles. The molecule has 2 amide bonds. The van der Waals surface area contributed by atoms with E-state index < -0.39 is 34.3 Å². The number of aryl methyl sites for hydroxylation is 2. The van der Waals surface area contributed by atoms with E-state index in [1.807, 2.05) is 0 Å². The Bertz CT molecular complexity index is 1200. The molecule has 158 valence electrons. The lowest BCUT2D eigenvalue weighted by atomic mass is 10.1. The van der Waals surface area contributed by atoms with E-state index in [9.17, 15) is 32.9 Å². The second kappa shape index (κ2) is 7.37. The molecule has 0 saturated heterocycles. The topological polar surface area (TPSA) is 146 Å². The van der Waals surface area contributed by atoms with Gasteiger partial charge in [-0.25, -0.2) is 4.98 Å². The van der Waals surface area contributed by atoms with Crippen LogP contribution in [0.4, 0.5) is 24.5 Å². The van der Waals surface area contributed by atoms with E-state index >= 15 is 0 Å². The predicted molar refractivity (Wildman–Crippen MR) is 100 cm³/mol. The summed E-state index contributed by atoms with van der Waals surface area (Å²) in [5, 5.41) is 17.4. The van der Waals surface area contributed by atoms with Gasteiger partial charge in [-0.3, -0.25) is 24.4 Å². The van der Waals surface area contributed by atoms with Crippen LogP contribution in [0.15, 0.2) is 12.3 Å². The Morgan fingerprint density at radius 2 is 2.07 bits per heavy atom. The van der Waals surface area contributed by atoms with Gasteiger partial charge in [0.2, 0.25) is 5.69 Å². The minimum Gasteiger partial charge on any atom is -0.365 e. The van der Waals surface area contributed by atoms with Crippen LogP contribution in [0.1, 0.15) is 38.3 Å². The van der Waals surface area contributed by atoms with Crippen LogP contribution in [0.25, 0.3) is 10.2 Å². The molecule has 14 heteroatoms. The third-order valence-corrected chi connectivity index (χ3v) is 5.24. The zero-order valence-corrected chi connectivity index (χ0v) is 16.2. The summed E-state index contributed by atoms with van der Waals surface area (Å²) in [6, 6.07) is 0.772. The summed E-state index contributed by atoms with van der Waals surface area (Å²) in [5.41, 5.74) is 3.14. The van der Waals surface area contributed by atoms with Crippen LogP contribution in [0, 0.1) is 17.0 Å². The first-order chi connectivity index (χ1) is 14.0. The number of nitrogens with zero attached hydrogens (tertiary/aromatic N) is 4. The lowest BCUT2D eigenvalue weighted by molar-refractivity contribution is -0.385. The van der Waals surface area contributed by atoms with Gasteiger partial charge >= 0.3 is 11.9 Å². The number of nitrogens with one attached hydrogen (secondary N) is 1. The van der Waals surface area contributed by atoms with Gasteiger partial charge in [0.15, 0.2) is 0 Å². The van der Waals surface area contributed by atoms with Gasteiger partial charge in [-0.05, 0) is 25.5 Å². The quantitative estimate of drug-likeness (QED) is 0.459. The summed E-state index contributed by atoms with van der Waals surface area (Å²) in [4.78, 5) is 38.2. The van der Waals surface area contributed by atoms with Crippen molar-refractivity contribution in [1.29, 1.82) is 0 Å². The van der Waals surface area contributed by atoms with E-state index in [2.05, 4.69) is 15.4 Å². The van der Waals surface area contributed by atoms with E-state index in [1.165, 1.54) is 6.92 Å². The Kier molecular flexibility index (Phi) is 5.20. The summed E-state index contributed by atoms with van der Waals surface area (Å²) in [6.45, 7) is 3.10. The standard InChI is InChI=1S/C16H13F3N6O4S/c1-3-24-11(7(5-21-24)25(28)29)14(27)23-10-9-6(2)4-8(16(17,18)19)22-15(9)30-12(10)13(20)26/h4-5H,3H2,1-2H3,(H2,20,26)(H,23,27). The maximum absolute atomic E-state index is 13.1. The van der Waals surface area contributed by atoms with E-state index in [0.717, 1.165) is 16.9 Å². The number of hydrogen-bond donors (Lipinski definition) is 2. The van der Waals surface area contributed by atoms with Crippen molar-refractivity contribution in [2.24, 2.45) is 5.73 Å². The van der Waals surface area contributed by atoms with E-state index in [-0.39, 0.29) is 38.6 Å². The minimum atomic E-state index is -4.71. The molecule has 3 N–H and O–H groups in total. The Morgan fingerprint density at radius 1 is 1.40 bits per heavy atom. The van der Waals surface area contributed by atoms with Crippen molar-refractivity contribution in [3.05, 3.63) is 44.2 Å². The SMILES string of the molecule is CCn1ncc([N+](=O)[O-])c1C(=O)Nc1c(C(N)=O)sc2nc(C(F)(F)F)cc(C)c12. The summed E-state index contributed by atoms with van der Waals surface area (Å²) >= 11 is 0.579. The second-order valence-corrected chi connectivity index (χ2v) is 7.08. The van der Waals surface area contributed by atoms with Crippen molar-refractivity contribution < 1.29 is 27.7 Å². The molecular formula is C16H13F3N6O4S. The zero-order chi connectivity index (χ0) is 22.4. The number of carbonyl (C=O) groups excluding carboxylic acids is 2. The molecule has 30 heavy (non-hydrogen) atoms. The van der Waals surface area contributed by atoms with Crippen LogP contribution in [0.2, 0.25) is 0 Å². The van der Waals surface area contributed by atoms with Crippen LogP contribution in [0.5, 0.6) is 0 Å². The second-order valence-electron chi connectivity index (χ2n) is 6.08. The maximum atomic E-state index is 13.1. The number of pyridine rings is 1. The van der Waals surface area contributed by atoms with Gasteiger partial charge in [0.25, 0.3) is 11.8 Å². The summed E-state index contributed by atoms with van der Waals surface area (Å²) in [5.74, 6) is -1.97. The fourth-order valence-electron chi connectivity index (χ4n) is 2.88. The van der Waals surface area contributed by atoms with Crippen LogP contribution < -0.4 is 11.1 Å². The van der Waals surface area contributed by atoms with Gasteiger partial charge in [0, 0.05) is 11.9 Å². The van der Waals surface area contributed by atoms with Crippen LogP contribution in [-0.4, -0.2) is 31.5 Å². The number of amides is 2. The molecule has 0 atom stereocenters.